The fourth-order valence-electron chi connectivity index (χ4n) is 2.58. The van der Waals surface area contributed by atoms with E-state index in [0.29, 0.717) is 18.2 Å². The molecule has 0 spiro atoms. The van der Waals surface area contributed by atoms with Gasteiger partial charge in [0.2, 0.25) is 0 Å². The molecule has 0 aliphatic heterocycles. The summed E-state index contributed by atoms with van der Waals surface area (Å²) in [7, 11) is 3.25. The van der Waals surface area contributed by atoms with Crippen LogP contribution in [-0.2, 0) is 13.1 Å². The maximum atomic E-state index is 12.3. The molecule has 8 nitrogen and oxygen atoms in total. The fraction of sp³-hybridized carbons (Fsp3) is 0.389. The predicted molar refractivity (Wildman–Crippen MR) is 111 cm³/mol. The molecule has 0 fully saturated rings. The molecule has 0 saturated heterocycles. The molecule has 0 aliphatic carbocycles. The molecule has 0 radical (unpaired) electrons. The molecular weight excluding hydrogens is 366 g/mol. The second-order valence-electron chi connectivity index (χ2n) is 6.06. The van der Waals surface area contributed by atoms with Crippen LogP contribution in [0.25, 0.3) is 0 Å². The van der Waals surface area contributed by atoms with Crippen LogP contribution in [0.5, 0.6) is 5.75 Å². The van der Waals surface area contributed by atoms with Crippen LogP contribution >= 0.6 is 12.2 Å². The van der Waals surface area contributed by atoms with Crippen LogP contribution in [0.1, 0.15) is 25.3 Å². The zero-order valence-corrected chi connectivity index (χ0v) is 16.6. The van der Waals surface area contributed by atoms with Crippen molar-refractivity contribution in [1.29, 1.82) is 0 Å². The lowest BCUT2D eigenvalue weighted by Gasteiger charge is -2.23. The summed E-state index contributed by atoms with van der Waals surface area (Å²) in [4.78, 5) is 28.1. The van der Waals surface area contributed by atoms with Crippen LogP contribution in [0, 0.1) is 0 Å². The number of nitrogens with one attached hydrogen (secondary N) is 2. The maximum Gasteiger partial charge on any atom is 0.330 e. The number of nitrogen functional groups attached to an aromatic ring is 1. The summed E-state index contributed by atoms with van der Waals surface area (Å²) in [5, 5.41) is 3.41. The third-order valence-corrected chi connectivity index (χ3v) is 4.61. The highest BCUT2D eigenvalue weighted by Crippen LogP contribution is 2.16. The van der Waals surface area contributed by atoms with Crippen LogP contribution in [0.15, 0.2) is 33.9 Å². The number of nitrogens with zero attached hydrogens (tertiary/aromatic N) is 2. The number of aromatic nitrogens is 2. The van der Waals surface area contributed by atoms with Gasteiger partial charge in [-0.05, 0) is 36.3 Å². The molecule has 0 amide bonds. The lowest BCUT2D eigenvalue weighted by molar-refractivity contribution is 0.414. The normalized spacial score (nSPS) is 10.5. The minimum absolute atomic E-state index is 0.105. The molecule has 1 aromatic carbocycles. The summed E-state index contributed by atoms with van der Waals surface area (Å²) < 4.78 is 6.50. The number of ether oxygens (including phenoxy) is 1. The first-order valence-electron chi connectivity index (χ1n) is 8.66. The number of rotatable bonds is 7. The van der Waals surface area contributed by atoms with E-state index in [4.69, 9.17) is 22.7 Å². The van der Waals surface area contributed by atoms with E-state index in [-0.39, 0.29) is 11.5 Å². The van der Waals surface area contributed by atoms with E-state index >= 15 is 0 Å². The highest BCUT2D eigenvalue weighted by atomic mass is 32.1. The third-order valence-electron chi connectivity index (χ3n) is 4.19. The monoisotopic (exact) mass is 391 g/mol. The van der Waals surface area contributed by atoms with Crippen molar-refractivity contribution in [2.45, 2.75) is 32.9 Å². The Morgan fingerprint density at radius 2 is 2.00 bits per heavy atom. The van der Waals surface area contributed by atoms with Gasteiger partial charge < -0.3 is 20.7 Å². The number of methoxy groups -OCH3 is 1. The zero-order chi connectivity index (χ0) is 20.0. The van der Waals surface area contributed by atoms with Crippen molar-refractivity contribution in [2.75, 3.05) is 24.8 Å². The van der Waals surface area contributed by atoms with Crippen molar-refractivity contribution in [3.05, 3.63) is 50.7 Å². The van der Waals surface area contributed by atoms with Gasteiger partial charge in [-0.15, -0.1) is 0 Å². The first kappa shape index (κ1) is 20.5. The molecule has 0 saturated carbocycles. The Kier molecular flexibility index (Phi) is 7.00. The van der Waals surface area contributed by atoms with Gasteiger partial charge in [-0.1, -0.05) is 25.5 Å². The number of anilines is 2. The average Bonchev–Trinajstić information content (AvgIpc) is 2.66. The Hall–Kier alpha value is -2.81. The summed E-state index contributed by atoms with van der Waals surface area (Å²) in [6.07, 6.45) is 1.68. The van der Waals surface area contributed by atoms with Gasteiger partial charge in [-0.3, -0.25) is 14.3 Å². The first-order valence-corrected chi connectivity index (χ1v) is 9.07. The van der Waals surface area contributed by atoms with Crippen LogP contribution in [-0.4, -0.2) is 28.8 Å². The predicted octanol–water partition coefficient (Wildman–Crippen LogP) is 1.44. The molecule has 27 heavy (non-hydrogen) atoms. The Labute approximate surface area is 163 Å². The van der Waals surface area contributed by atoms with E-state index in [1.807, 2.05) is 31.2 Å². The van der Waals surface area contributed by atoms with Crippen molar-refractivity contribution >= 4 is 28.8 Å². The SMILES string of the molecule is CCCCn1c(N)c(N(C)C(=S)NCc2ccc(OC)cc2)c(=O)[nH]c1=O. The second kappa shape index (κ2) is 9.22. The summed E-state index contributed by atoms with van der Waals surface area (Å²) in [6.45, 7) is 2.92. The van der Waals surface area contributed by atoms with E-state index in [1.54, 1.807) is 14.2 Å². The topological polar surface area (TPSA) is 105 Å². The van der Waals surface area contributed by atoms with E-state index in [1.165, 1.54) is 9.47 Å². The zero-order valence-electron chi connectivity index (χ0n) is 15.7. The van der Waals surface area contributed by atoms with Gasteiger partial charge in [-0.2, -0.15) is 0 Å². The molecule has 4 N–H and O–H groups in total. The number of H-pyrrole nitrogens is 1. The van der Waals surface area contributed by atoms with Crippen molar-refractivity contribution in [3.63, 3.8) is 0 Å². The number of hydrogen-bond acceptors (Lipinski definition) is 5. The highest BCUT2D eigenvalue weighted by molar-refractivity contribution is 7.80. The molecule has 146 valence electrons. The minimum atomic E-state index is -0.568. The Balaban J connectivity index is 2.17. The average molecular weight is 391 g/mol. The van der Waals surface area contributed by atoms with Crippen molar-refractivity contribution in [1.82, 2.24) is 14.9 Å². The number of nitrogens with two attached hydrogens (primary N) is 1. The number of unbranched alkanes of at least 4 members (excludes halogenated alkanes) is 1. The lowest BCUT2D eigenvalue weighted by atomic mass is 10.2. The molecule has 0 bridgehead atoms. The van der Waals surface area contributed by atoms with Crippen LogP contribution in [0.3, 0.4) is 0 Å². The number of thiocarbonyl (C=S) groups is 1. The standard InChI is InChI=1S/C18H25N5O3S/c1-4-5-10-23-15(19)14(16(24)21-17(23)25)22(2)18(27)20-11-12-6-8-13(26-3)9-7-12/h6-9H,4-5,10-11,19H2,1-3H3,(H,20,27)(H,21,24,25). The third kappa shape index (κ3) is 4.88. The lowest BCUT2D eigenvalue weighted by Crippen LogP contribution is -2.43. The maximum absolute atomic E-state index is 12.3. The van der Waals surface area contributed by atoms with E-state index in [0.717, 1.165) is 24.2 Å². The number of benzene rings is 1. The van der Waals surface area contributed by atoms with Crippen molar-refractivity contribution in [3.8, 4) is 5.75 Å². The highest BCUT2D eigenvalue weighted by Gasteiger charge is 2.18. The molecule has 2 rings (SSSR count). The summed E-state index contributed by atoms with van der Waals surface area (Å²) in [5.74, 6) is 0.875. The smallest absolute Gasteiger partial charge is 0.330 e. The van der Waals surface area contributed by atoms with Crippen molar-refractivity contribution < 1.29 is 4.74 Å². The van der Waals surface area contributed by atoms with E-state index in [9.17, 15) is 9.59 Å². The minimum Gasteiger partial charge on any atom is -0.497 e. The Morgan fingerprint density at radius 3 is 2.59 bits per heavy atom. The van der Waals surface area contributed by atoms with E-state index < -0.39 is 11.2 Å². The molecule has 2 aromatic rings. The summed E-state index contributed by atoms with van der Waals surface area (Å²) in [6, 6.07) is 7.55. The van der Waals surface area contributed by atoms with Gasteiger partial charge in [-0.25, -0.2) is 4.79 Å². The molecule has 0 atom stereocenters. The number of hydrogen-bond donors (Lipinski definition) is 3. The fourth-order valence-corrected chi connectivity index (χ4v) is 2.74. The molecule has 1 heterocycles. The van der Waals surface area contributed by atoms with Crippen molar-refractivity contribution in [2.24, 2.45) is 0 Å². The molecule has 1 aromatic heterocycles. The Morgan fingerprint density at radius 1 is 1.33 bits per heavy atom. The molecule has 9 heteroatoms. The summed E-state index contributed by atoms with van der Waals surface area (Å²) >= 11 is 5.38. The first-order chi connectivity index (χ1) is 12.9. The van der Waals surface area contributed by atoms with Crippen LogP contribution in [0.2, 0.25) is 0 Å². The number of aromatic amines is 1. The van der Waals surface area contributed by atoms with Gasteiger partial charge in [0.25, 0.3) is 5.56 Å². The second-order valence-corrected chi connectivity index (χ2v) is 6.45. The van der Waals surface area contributed by atoms with Crippen LogP contribution in [0.4, 0.5) is 11.5 Å². The largest absolute Gasteiger partial charge is 0.497 e. The quantitative estimate of drug-likeness (QED) is 0.613. The van der Waals surface area contributed by atoms with Gasteiger partial charge >= 0.3 is 5.69 Å². The van der Waals surface area contributed by atoms with Gasteiger partial charge in [0.1, 0.15) is 17.3 Å². The van der Waals surface area contributed by atoms with E-state index in [2.05, 4.69) is 10.3 Å². The molecule has 0 unspecified atom stereocenters. The molecular formula is C18H25N5O3S. The Bertz CT molecular complexity index is 905. The van der Waals surface area contributed by atoms with Gasteiger partial charge in [0, 0.05) is 20.1 Å². The van der Waals surface area contributed by atoms with Gasteiger partial charge in [0.15, 0.2) is 5.11 Å². The molecule has 0 aliphatic rings. The van der Waals surface area contributed by atoms with Gasteiger partial charge in [0.05, 0.1) is 7.11 Å². The van der Waals surface area contributed by atoms with Crippen LogP contribution < -0.4 is 31.9 Å². The summed E-state index contributed by atoms with van der Waals surface area (Å²) in [5.41, 5.74) is 6.17.